The van der Waals surface area contributed by atoms with Gasteiger partial charge < -0.3 is 15.0 Å². The third-order valence-corrected chi connectivity index (χ3v) is 6.17. The summed E-state index contributed by atoms with van der Waals surface area (Å²) in [6, 6.07) is 8.52. The van der Waals surface area contributed by atoms with Crippen LogP contribution in [-0.2, 0) is 4.79 Å². The van der Waals surface area contributed by atoms with Crippen molar-refractivity contribution in [3.63, 3.8) is 0 Å². The van der Waals surface area contributed by atoms with Gasteiger partial charge in [0.05, 0.1) is 0 Å². The highest BCUT2D eigenvalue weighted by Gasteiger charge is 2.44. The van der Waals surface area contributed by atoms with Gasteiger partial charge in [-0.05, 0) is 63.5 Å². The number of hydrogen-bond donors (Lipinski definition) is 1. The van der Waals surface area contributed by atoms with Gasteiger partial charge in [0.1, 0.15) is 11.4 Å². The summed E-state index contributed by atoms with van der Waals surface area (Å²) in [6.07, 6.45) is 6.52. The molecule has 4 nitrogen and oxygen atoms in total. The number of nitrogens with one attached hydrogen (secondary N) is 1. The normalized spacial score (nSPS) is 25.0. The molecule has 2 fully saturated rings. The highest BCUT2D eigenvalue weighted by molar-refractivity contribution is 5.77. The number of likely N-dealkylation sites (tertiary alicyclic amines) is 1. The molecule has 3 aliphatic rings. The molecule has 1 atom stereocenters. The van der Waals surface area contributed by atoms with E-state index in [1.54, 1.807) is 0 Å². The maximum absolute atomic E-state index is 12.4. The molecule has 1 amide bonds. The number of carbonyl (C=O) groups excluding carboxylic acids is 1. The van der Waals surface area contributed by atoms with E-state index in [-0.39, 0.29) is 23.5 Å². The second-order valence-corrected chi connectivity index (χ2v) is 8.89. The van der Waals surface area contributed by atoms with E-state index in [9.17, 15) is 4.79 Å². The van der Waals surface area contributed by atoms with Crippen LogP contribution in [0, 0.1) is 5.92 Å². The van der Waals surface area contributed by atoms with Crippen LogP contribution in [0.5, 0.6) is 5.75 Å². The van der Waals surface area contributed by atoms with Crippen LogP contribution in [-0.4, -0.2) is 42.1 Å². The predicted octanol–water partition coefficient (Wildman–Crippen LogP) is 3.71. The van der Waals surface area contributed by atoms with Crippen molar-refractivity contribution < 1.29 is 9.53 Å². The molecule has 1 saturated carbocycles. The number of ether oxygens (including phenoxy) is 1. The van der Waals surface area contributed by atoms with Gasteiger partial charge in [0.25, 0.3) is 0 Å². The summed E-state index contributed by atoms with van der Waals surface area (Å²) >= 11 is 0. The molecule has 1 N–H and O–H groups in total. The molecule has 26 heavy (non-hydrogen) atoms. The Balaban J connectivity index is 1.47. The predicted molar refractivity (Wildman–Crippen MR) is 103 cm³/mol. The van der Waals surface area contributed by atoms with Gasteiger partial charge in [0.15, 0.2) is 0 Å². The molecule has 142 valence electrons. The molecule has 2 heterocycles. The third kappa shape index (κ3) is 4.06. The summed E-state index contributed by atoms with van der Waals surface area (Å²) in [5.41, 5.74) is 1.12. The lowest BCUT2D eigenvalue weighted by atomic mass is 9.76. The lowest BCUT2D eigenvalue weighted by Gasteiger charge is -2.47. The van der Waals surface area contributed by atoms with Crippen molar-refractivity contribution in [3.8, 4) is 5.75 Å². The first kappa shape index (κ1) is 17.8. The minimum Gasteiger partial charge on any atom is -0.487 e. The Morgan fingerprint density at radius 3 is 2.69 bits per heavy atom. The van der Waals surface area contributed by atoms with Crippen LogP contribution >= 0.6 is 0 Å². The number of benzene rings is 1. The zero-order valence-electron chi connectivity index (χ0n) is 16.2. The molecule has 1 saturated heterocycles. The number of nitrogens with zero attached hydrogens (tertiary/aromatic N) is 1. The number of rotatable bonds is 5. The standard InChI is InChI=1S/C22H32N2O2/c1-16(2)23-21(25)13-18-14-22(26-20-6-4-3-5-19(18)20)9-11-24(12-10-22)15-17-7-8-17/h3-6,16-18H,7-15H2,1-2H3,(H,23,25)/t18-/m0/s1. The second-order valence-electron chi connectivity index (χ2n) is 8.89. The first-order valence-electron chi connectivity index (χ1n) is 10.3. The van der Waals surface area contributed by atoms with E-state index < -0.39 is 0 Å². The highest BCUT2D eigenvalue weighted by Crippen LogP contribution is 2.46. The van der Waals surface area contributed by atoms with Gasteiger partial charge in [-0.3, -0.25) is 4.79 Å². The van der Waals surface area contributed by atoms with E-state index >= 15 is 0 Å². The van der Waals surface area contributed by atoms with Crippen molar-refractivity contribution in [2.75, 3.05) is 19.6 Å². The molecular weight excluding hydrogens is 324 g/mol. The van der Waals surface area contributed by atoms with Crippen LogP contribution in [0.15, 0.2) is 24.3 Å². The Morgan fingerprint density at radius 1 is 1.27 bits per heavy atom. The molecule has 4 heteroatoms. The molecule has 0 aromatic heterocycles. The molecule has 0 radical (unpaired) electrons. The fourth-order valence-corrected chi connectivity index (χ4v) is 4.65. The van der Waals surface area contributed by atoms with Crippen LogP contribution in [0.2, 0.25) is 0 Å². The Labute approximate surface area is 157 Å². The van der Waals surface area contributed by atoms with E-state index in [1.807, 2.05) is 19.9 Å². The Hall–Kier alpha value is -1.55. The summed E-state index contributed by atoms with van der Waals surface area (Å²) in [4.78, 5) is 15.0. The summed E-state index contributed by atoms with van der Waals surface area (Å²) in [7, 11) is 0. The van der Waals surface area contributed by atoms with Crippen molar-refractivity contribution in [2.45, 2.75) is 69.9 Å². The van der Waals surface area contributed by atoms with Gasteiger partial charge in [-0.2, -0.15) is 0 Å². The first-order valence-corrected chi connectivity index (χ1v) is 10.3. The number of fused-ring (bicyclic) bond motifs is 1. The van der Waals surface area contributed by atoms with Gasteiger partial charge in [0, 0.05) is 38.0 Å². The van der Waals surface area contributed by atoms with Crippen molar-refractivity contribution >= 4 is 5.91 Å². The average molecular weight is 357 g/mol. The number of carbonyl (C=O) groups is 1. The highest BCUT2D eigenvalue weighted by atomic mass is 16.5. The quantitative estimate of drug-likeness (QED) is 0.874. The first-order chi connectivity index (χ1) is 12.5. The lowest BCUT2D eigenvalue weighted by Crippen LogP contribution is -2.51. The molecule has 1 aromatic rings. The SMILES string of the molecule is CC(C)NC(=O)C[C@H]1CC2(CCN(CC3CC3)CC2)Oc2ccccc21. The van der Waals surface area contributed by atoms with E-state index in [0.717, 1.165) is 44.0 Å². The Morgan fingerprint density at radius 2 is 2.00 bits per heavy atom. The Kier molecular flexibility index (Phi) is 4.96. The van der Waals surface area contributed by atoms with Gasteiger partial charge in [-0.25, -0.2) is 0 Å². The van der Waals surface area contributed by atoms with Crippen LogP contribution in [0.1, 0.15) is 63.9 Å². The summed E-state index contributed by atoms with van der Waals surface area (Å²) < 4.78 is 6.56. The largest absolute Gasteiger partial charge is 0.487 e. The maximum atomic E-state index is 12.4. The summed E-state index contributed by atoms with van der Waals surface area (Å²) in [5, 5.41) is 3.06. The molecular formula is C22H32N2O2. The molecule has 0 unspecified atom stereocenters. The third-order valence-electron chi connectivity index (χ3n) is 6.17. The van der Waals surface area contributed by atoms with Crippen LogP contribution in [0.4, 0.5) is 0 Å². The summed E-state index contributed by atoms with van der Waals surface area (Å²) in [5.74, 6) is 2.36. The van der Waals surface area contributed by atoms with E-state index in [0.29, 0.717) is 6.42 Å². The second kappa shape index (κ2) is 7.22. The molecule has 1 aromatic carbocycles. The lowest BCUT2D eigenvalue weighted by molar-refractivity contribution is -0.122. The van der Waals surface area contributed by atoms with Crippen LogP contribution in [0.3, 0.4) is 0 Å². The van der Waals surface area contributed by atoms with E-state index in [2.05, 4.69) is 28.4 Å². The van der Waals surface area contributed by atoms with Gasteiger partial charge in [-0.15, -0.1) is 0 Å². The number of para-hydroxylation sites is 1. The topological polar surface area (TPSA) is 41.6 Å². The minimum absolute atomic E-state index is 0.0861. The van der Waals surface area contributed by atoms with Crippen molar-refractivity contribution in [1.29, 1.82) is 0 Å². The smallest absolute Gasteiger partial charge is 0.220 e. The molecule has 2 aliphatic heterocycles. The zero-order chi connectivity index (χ0) is 18.1. The van der Waals surface area contributed by atoms with Gasteiger partial charge in [-0.1, -0.05) is 18.2 Å². The monoisotopic (exact) mass is 356 g/mol. The van der Waals surface area contributed by atoms with Crippen LogP contribution in [0.25, 0.3) is 0 Å². The number of amides is 1. The minimum atomic E-state index is -0.0861. The van der Waals surface area contributed by atoms with E-state index in [4.69, 9.17) is 4.74 Å². The fourth-order valence-electron chi connectivity index (χ4n) is 4.65. The molecule has 1 aliphatic carbocycles. The fraction of sp³-hybridized carbons (Fsp3) is 0.682. The zero-order valence-corrected chi connectivity index (χ0v) is 16.2. The van der Waals surface area contributed by atoms with Crippen molar-refractivity contribution in [2.24, 2.45) is 5.92 Å². The molecule has 4 rings (SSSR count). The van der Waals surface area contributed by atoms with E-state index in [1.165, 1.54) is 24.9 Å². The van der Waals surface area contributed by atoms with Crippen molar-refractivity contribution in [3.05, 3.63) is 29.8 Å². The maximum Gasteiger partial charge on any atom is 0.220 e. The number of hydrogen-bond acceptors (Lipinski definition) is 3. The molecule has 0 bridgehead atoms. The number of piperidine rings is 1. The summed E-state index contributed by atoms with van der Waals surface area (Å²) in [6.45, 7) is 7.57. The average Bonchev–Trinajstić information content (AvgIpc) is 3.40. The van der Waals surface area contributed by atoms with Crippen LogP contribution < -0.4 is 10.1 Å². The molecule has 1 spiro atoms. The van der Waals surface area contributed by atoms with Gasteiger partial charge >= 0.3 is 0 Å². The van der Waals surface area contributed by atoms with Gasteiger partial charge in [0.2, 0.25) is 5.91 Å². The Bertz CT molecular complexity index is 645. The van der Waals surface area contributed by atoms with Crippen molar-refractivity contribution in [1.82, 2.24) is 10.2 Å².